The third kappa shape index (κ3) is 6.25. The van der Waals surface area contributed by atoms with E-state index in [0.717, 1.165) is 5.69 Å². The summed E-state index contributed by atoms with van der Waals surface area (Å²) >= 11 is 0. The van der Waals surface area contributed by atoms with E-state index in [1.54, 1.807) is 23.9 Å². The highest BCUT2D eigenvalue weighted by Crippen LogP contribution is 2.31. The van der Waals surface area contributed by atoms with Crippen LogP contribution in [0.4, 0.5) is 26.4 Å². The van der Waals surface area contributed by atoms with E-state index in [0.29, 0.717) is 33.9 Å². The Hall–Kier alpha value is -4.80. The summed E-state index contributed by atoms with van der Waals surface area (Å²) in [6.45, 7) is 9.93. The van der Waals surface area contributed by atoms with Crippen LogP contribution in [0, 0.1) is 16.6 Å². The van der Waals surface area contributed by atoms with Crippen LogP contribution in [0.25, 0.3) is 22.3 Å². The molecule has 10 nitrogen and oxygen atoms in total. The molecule has 0 bridgehead atoms. The first-order valence-electron chi connectivity index (χ1n) is 12.8. The predicted octanol–water partition coefficient (Wildman–Crippen LogP) is 6.02. The first-order chi connectivity index (χ1) is 18.8. The van der Waals surface area contributed by atoms with E-state index in [2.05, 4.69) is 44.9 Å². The minimum absolute atomic E-state index is 0.0303. The molecule has 2 aromatic carbocycles. The number of nitrogen functional groups attached to an aromatic ring is 1. The maximum atomic E-state index is 15.2. The fourth-order valence-electron chi connectivity index (χ4n) is 3.92. The highest BCUT2D eigenvalue weighted by atomic mass is 19.1. The lowest BCUT2D eigenvalue weighted by Crippen LogP contribution is -2.33. The number of carbonyl (C=O) groups is 1. The number of hydrogen-bond acceptors (Lipinski definition) is 7. The summed E-state index contributed by atoms with van der Waals surface area (Å²) in [5.41, 5.74) is 9.19. The zero-order chi connectivity index (χ0) is 29.2. The number of nitrogens with one attached hydrogen (secondary N) is 4. The Balaban J connectivity index is 1.55. The summed E-state index contributed by atoms with van der Waals surface area (Å²) in [4.78, 5) is 21.1. The van der Waals surface area contributed by atoms with Crippen LogP contribution in [0.1, 0.15) is 46.1 Å². The number of carbonyl (C=O) groups excluding carboxylic acids is 1. The van der Waals surface area contributed by atoms with Gasteiger partial charge in [-0.25, -0.2) is 23.8 Å². The molecule has 0 unspecified atom stereocenters. The van der Waals surface area contributed by atoms with Crippen LogP contribution in [0.2, 0.25) is 0 Å². The number of anilines is 3. The third-order valence-electron chi connectivity index (χ3n) is 6.34. The molecule has 6 N–H and O–H groups in total. The van der Waals surface area contributed by atoms with Crippen LogP contribution >= 0.6 is 0 Å². The van der Waals surface area contributed by atoms with Gasteiger partial charge in [0.05, 0.1) is 11.1 Å². The van der Waals surface area contributed by atoms with Crippen LogP contribution in [-0.2, 0) is 7.05 Å². The molecule has 0 saturated heterocycles. The van der Waals surface area contributed by atoms with Gasteiger partial charge in [-0.3, -0.25) is 5.32 Å². The third-order valence-corrected chi connectivity index (χ3v) is 6.34. The van der Waals surface area contributed by atoms with Crippen LogP contribution < -0.4 is 21.7 Å². The molecule has 4 rings (SSSR count). The van der Waals surface area contributed by atoms with Crippen LogP contribution in [0.3, 0.4) is 0 Å². The van der Waals surface area contributed by atoms with Crippen molar-refractivity contribution in [3.8, 4) is 11.3 Å². The van der Waals surface area contributed by atoms with Crippen LogP contribution in [0.15, 0.2) is 60.7 Å². The van der Waals surface area contributed by atoms with Crippen molar-refractivity contribution in [2.45, 2.75) is 40.5 Å². The van der Waals surface area contributed by atoms with Gasteiger partial charge in [0.15, 0.2) is 5.65 Å². The summed E-state index contributed by atoms with van der Waals surface area (Å²) in [5.74, 6) is 0.237. The molecule has 0 spiro atoms. The van der Waals surface area contributed by atoms with Crippen molar-refractivity contribution in [3.05, 3.63) is 72.1 Å². The number of hydrogen-bond donors (Lipinski definition) is 5. The zero-order valence-electron chi connectivity index (χ0n) is 23.4. The molecule has 2 aromatic heterocycles. The monoisotopic (exact) mass is 543 g/mol. The number of halogens is 1. The second kappa shape index (κ2) is 11.1. The molecule has 2 amide bonds. The molecule has 40 heavy (non-hydrogen) atoms. The maximum absolute atomic E-state index is 15.2. The lowest BCUT2D eigenvalue weighted by atomic mass is 9.90. The first kappa shape index (κ1) is 28.2. The van der Waals surface area contributed by atoms with Gasteiger partial charge >= 0.3 is 6.03 Å². The summed E-state index contributed by atoms with van der Waals surface area (Å²) in [6.07, 6.45) is 2.89. The minimum Gasteiger partial charge on any atom is -0.383 e. The van der Waals surface area contributed by atoms with Gasteiger partial charge < -0.3 is 21.8 Å². The van der Waals surface area contributed by atoms with Crippen molar-refractivity contribution in [1.82, 2.24) is 25.1 Å². The molecular formula is C29H34FN9O. The number of benzene rings is 2. The van der Waals surface area contributed by atoms with Gasteiger partial charge in [0, 0.05) is 35.5 Å². The van der Waals surface area contributed by atoms with Gasteiger partial charge in [-0.2, -0.15) is 5.10 Å². The Kier molecular flexibility index (Phi) is 7.85. The van der Waals surface area contributed by atoms with E-state index in [1.807, 2.05) is 45.0 Å². The van der Waals surface area contributed by atoms with E-state index in [4.69, 9.17) is 11.1 Å². The fraction of sp³-hybridized carbons (Fsp3) is 0.276. The highest BCUT2D eigenvalue weighted by Gasteiger charge is 2.19. The second-order valence-electron chi connectivity index (χ2n) is 10.8. The average Bonchev–Trinajstić information content (AvgIpc) is 3.22. The van der Waals surface area contributed by atoms with Crippen molar-refractivity contribution in [2.75, 3.05) is 16.4 Å². The molecule has 11 heteroatoms. The van der Waals surface area contributed by atoms with E-state index in [-0.39, 0.29) is 17.3 Å². The van der Waals surface area contributed by atoms with Crippen molar-refractivity contribution < 1.29 is 9.18 Å². The first-order valence-corrected chi connectivity index (χ1v) is 12.8. The molecule has 0 radical (unpaired) electrons. The maximum Gasteiger partial charge on any atom is 0.324 e. The van der Waals surface area contributed by atoms with Crippen molar-refractivity contribution in [2.24, 2.45) is 12.5 Å². The number of urea groups is 1. The fourth-order valence-corrected chi connectivity index (χ4v) is 3.92. The second-order valence-corrected chi connectivity index (χ2v) is 10.8. The quantitative estimate of drug-likeness (QED) is 0.180. The Morgan fingerprint density at radius 3 is 2.42 bits per heavy atom. The Morgan fingerprint density at radius 1 is 1.10 bits per heavy atom. The van der Waals surface area contributed by atoms with Crippen molar-refractivity contribution in [3.63, 3.8) is 0 Å². The van der Waals surface area contributed by atoms with Gasteiger partial charge in [0.25, 0.3) is 0 Å². The van der Waals surface area contributed by atoms with Crippen LogP contribution in [-0.4, -0.2) is 31.5 Å². The molecule has 0 aliphatic carbocycles. The summed E-state index contributed by atoms with van der Waals surface area (Å²) in [5, 5.41) is 21.8. The summed E-state index contributed by atoms with van der Waals surface area (Å²) in [6, 6.07) is 11.5. The molecule has 0 atom stereocenters. The van der Waals surface area contributed by atoms with Gasteiger partial charge in [0.1, 0.15) is 29.5 Å². The van der Waals surface area contributed by atoms with Crippen molar-refractivity contribution in [1.29, 1.82) is 5.41 Å². The Labute approximate surface area is 232 Å². The van der Waals surface area contributed by atoms with Gasteiger partial charge in [-0.05, 0) is 35.7 Å². The van der Waals surface area contributed by atoms with E-state index < -0.39 is 17.3 Å². The van der Waals surface area contributed by atoms with Gasteiger partial charge in [-0.15, -0.1) is 0 Å². The average molecular weight is 544 g/mol. The number of nitrogens with zero attached hydrogens (tertiary/aromatic N) is 4. The Morgan fingerprint density at radius 2 is 1.80 bits per heavy atom. The number of rotatable bonds is 7. The molecular weight excluding hydrogens is 509 g/mol. The Bertz CT molecular complexity index is 1600. The summed E-state index contributed by atoms with van der Waals surface area (Å²) in [7, 11) is 1.71. The number of nitrogens with two attached hydrogens (primary N) is 1. The molecule has 208 valence electrons. The van der Waals surface area contributed by atoms with Gasteiger partial charge in [0.2, 0.25) is 0 Å². The standard InChI is InChI=1S/C29H34FN9O/c1-16(2)17-7-10-19(11-8-17)35-23(14-22(31)29(3,4)5)37-28(40)36-21-12-9-18(13-20(21)30)25-24-26(32)33-15-34-27(24)39(6)38-25/h7-16,31,35H,1-6H3,(H2,32,33,34)(H2,36,37,40)/b23-14+,31-22?. The number of aryl methyl sites for hydroxylation is 1. The van der Waals surface area contributed by atoms with Crippen LogP contribution in [0.5, 0.6) is 0 Å². The smallest absolute Gasteiger partial charge is 0.324 e. The molecule has 0 saturated carbocycles. The molecule has 0 aliphatic heterocycles. The SMILES string of the molecule is CC(C)c1ccc(N/C(=C\C(=N)C(C)(C)C)NC(=O)Nc2ccc(-c3nn(C)c4ncnc(N)c34)cc2F)cc1. The predicted molar refractivity (Wildman–Crippen MR) is 158 cm³/mol. The van der Waals surface area contributed by atoms with Gasteiger partial charge in [-0.1, -0.05) is 52.8 Å². The lowest BCUT2D eigenvalue weighted by molar-refractivity contribution is 0.254. The zero-order valence-corrected chi connectivity index (χ0v) is 23.4. The molecule has 0 aliphatic rings. The number of amides is 2. The normalized spacial score (nSPS) is 12.1. The molecule has 0 fully saturated rings. The number of allylic oxidation sites excluding steroid dienone is 1. The summed E-state index contributed by atoms with van der Waals surface area (Å²) < 4.78 is 16.7. The topological polar surface area (TPSA) is 147 Å². The van der Waals surface area contributed by atoms with E-state index in [1.165, 1.54) is 24.0 Å². The van der Waals surface area contributed by atoms with E-state index >= 15 is 4.39 Å². The number of aromatic nitrogens is 4. The largest absolute Gasteiger partial charge is 0.383 e. The van der Waals surface area contributed by atoms with E-state index in [9.17, 15) is 4.79 Å². The minimum atomic E-state index is -0.674. The molecule has 4 aromatic rings. The molecule has 2 heterocycles. The van der Waals surface area contributed by atoms with Crippen molar-refractivity contribution >= 4 is 40.0 Å². The lowest BCUT2D eigenvalue weighted by Gasteiger charge is -2.20. The number of fused-ring (bicyclic) bond motifs is 1. The highest BCUT2D eigenvalue weighted by molar-refractivity contribution is 6.00.